The summed E-state index contributed by atoms with van der Waals surface area (Å²) >= 11 is 0. The van der Waals surface area contributed by atoms with Crippen LogP contribution in [0.5, 0.6) is 0 Å². The van der Waals surface area contributed by atoms with Crippen molar-refractivity contribution in [2.75, 3.05) is 9.96 Å². The summed E-state index contributed by atoms with van der Waals surface area (Å²) in [6, 6.07) is 24.9. The van der Waals surface area contributed by atoms with Crippen LogP contribution in [0.4, 0.5) is 11.4 Å². The lowest BCUT2D eigenvalue weighted by Gasteiger charge is -2.28. The Morgan fingerprint density at radius 2 is 1.48 bits per heavy atom. The van der Waals surface area contributed by atoms with Gasteiger partial charge in [-0.1, -0.05) is 67.1 Å². The largest absolute Gasteiger partial charge is 0.273 e. The predicted octanol–water partition coefficient (Wildman–Crippen LogP) is 4.61. The summed E-state index contributed by atoms with van der Waals surface area (Å²) < 4.78 is 0. The number of rotatable bonds is 4. The molecule has 5 rings (SSSR count). The quantitative estimate of drug-likeness (QED) is 0.588. The van der Waals surface area contributed by atoms with Gasteiger partial charge in [0, 0.05) is 0 Å². The first-order chi connectivity index (χ1) is 15.1. The van der Waals surface area contributed by atoms with Crippen molar-refractivity contribution in [3.8, 4) is 0 Å². The average molecular weight is 412 g/mol. The molecule has 3 aromatic rings. The molecule has 2 fully saturated rings. The molecule has 5 nitrogen and oxygen atoms in total. The molecule has 3 atom stereocenters. The normalized spacial score (nSPS) is 22.8. The van der Waals surface area contributed by atoms with Crippen LogP contribution in [0.2, 0.25) is 0 Å². The standard InChI is InChI=1S/C26H24N2O3/c1-3-18-11-15-20(16-12-18)27-25(29)22-23(19-13-9-17(2)10-14-19)28(31-24(22)26(27)30)21-7-5-4-6-8-21/h4-16,22-24H,3H2,1-2H3/t22-,23+,24+/m0/s1. The maximum Gasteiger partial charge on any atom is 0.266 e. The monoisotopic (exact) mass is 412 g/mol. The minimum Gasteiger partial charge on any atom is -0.273 e. The van der Waals surface area contributed by atoms with Gasteiger partial charge in [0.1, 0.15) is 5.92 Å². The molecule has 0 spiro atoms. The minimum atomic E-state index is -0.843. The number of aryl methyl sites for hydroxylation is 2. The van der Waals surface area contributed by atoms with Crippen molar-refractivity contribution in [2.45, 2.75) is 32.4 Å². The Morgan fingerprint density at radius 3 is 2.13 bits per heavy atom. The van der Waals surface area contributed by atoms with E-state index >= 15 is 0 Å². The molecule has 2 saturated heterocycles. The predicted molar refractivity (Wildman–Crippen MR) is 120 cm³/mol. The number of carbonyl (C=O) groups excluding carboxylic acids is 2. The maximum absolute atomic E-state index is 13.6. The van der Waals surface area contributed by atoms with Crippen LogP contribution in [0.3, 0.4) is 0 Å². The molecular formula is C26H24N2O3. The number of hydrogen-bond acceptors (Lipinski definition) is 4. The molecule has 0 radical (unpaired) electrons. The Hall–Kier alpha value is -3.44. The minimum absolute atomic E-state index is 0.219. The van der Waals surface area contributed by atoms with E-state index in [1.807, 2.05) is 85.8 Å². The van der Waals surface area contributed by atoms with Crippen molar-refractivity contribution in [1.29, 1.82) is 0 Å². The molecule has 156 valence electrons. The summed E-state index contributed by atoms with van der Waals surface area (Å²) in [5.74, 6) is -1.14. The van der Waals surface area contributed by atoms with Crippen molar-refractivity contribution in [3.63, 3.8) is 0 Å². The van der Waals surface area contributed by atoms with E-state index in [-0.39, 0.29) is 17.9 Å². The van der Waals surface area contributed by atoms with Crippen LogP contribution in [0.15, 0.2) is 78.9 Å². The van der Waals surface area contributed by atoms with Gasteiger partial charge in [-0.2, -0.15) is 0 Å². The van der Waals surface area contributed by atoms with Gasteiger partial charge in [0.15, 0.2) is 6.10 Å². The lowest BCUT2D eigenvalue weighted by molar-refractivity contribution is -0.126. The molecule has 31 heavy (non-hydrogen) atoms. The summed E-state index contributed by atoms with van der Waals surface area (Å²) in [5.41, 5.74) is 4.66. The van der Waals surface area contributed by atoms with Gasteiger partial charge in [0.2, 0.25) is 5.91 Å². The molecule has 0 unspecified atom stereocenters. The summed E-state index contributed by atoms with van der Waals surface area (Å²) in [6.45, 7) is 4.10. The second-order valence-electron chi connectivity index (χ2n) is 8.10. The number of benzene rings is 3. The van der Waals surface area contributed by atoms with Crippen LogP contribution >= 0.6 is 0 Å². The Kier molecular flexibility index (Phi) is 4.83. The SMILES string of the molecule is CCc1ccc(N2C(=O)[C@H]3[C@@H](c4ccc(C)cc4)N(c4ccccc4)O[C@H]3C2=O)cc1. The lowest BCUT2D eigenvalue weighted by atomic mass is 9.90. The number of para-hydroxylation sites is 1. The highest BCUT2D eigenvalue weighted by Crippen LogP contribution is 2.47. The molecule has 3 aromatic carbocycles. The first-order valence-electron chi connectivity index (χ1n) is 10.6. The number of anilines is 2. The molecule has 2 heterocycles. The molecular weight excluding hydrogens is 388 g/mol. The molecule has 0 bridgehead atoms. The fourth-order valence-corrected chi connectivity index (χ4v) is 4.45. The number of fused-ring (bicyclic) bond motifs is 1. The second kappa shape index (κ2) is 7.67. The van der Waals surface area contributed by atoms with Gasteiger partial charge in [-0.05, 0) is 48.7 Å². The van der Waals surface area contributed by atoms with Crippen LogP contribution in [0.25, 0.3) is 0 Å². The van der Waals surface area contributed by atoms with Gasteiger partial charge in [-0.15, -0.1) is 0 Å². The van der Waals surface area contributed by atoms with E-state index in [0.29, 0.717) is 5.69 Å². The number of hydroxylamine groups is 1. The zero-order valence-corrected chi connectivity index (χ0v) is 17.6. The summed E-state index contributed by atoms with van der Waals surface area (Å²) in [7, 11) is 0. The van der Waals surface area contributed by atoms with E-state index in [1.54, 1.807) is 5.06 Å². The van der Waals surface area contributed by atoms with E-state index < -0.39 is 12.0 Å². The van der Waals surface area contributed by atoms with Crippen LogP contribution in [-0.2, 0) is 20.8 Å². The number of imide groups is 1. The third-order valence-electron chi connectivity index (χ3n) is 6.15. The number of hydrogen-bond donors (Lipinski definition) is 0. The third kappa shape index (κ3) is 3.22. The van der Waals surface area contributed by atoms with Crippen LogP contribution in [-0.4, -0.2) is 17.9 Å². The van der Waals surface area contributed by atoms with E-state index in [9.17, 15) is 9.59 Å². The highest BCUT2D eigenvalue weighted by molar-refractivity contribution is 6.23. The Balaban J connectivity index is 1.56. The van der Waals surface area contributed by atoms with Gasteiger partial charge in [0.05, 0.1) is 17.4 Å². The van der Waals surface area contributed by atoms with Crippen LogP contribution in [0.1, 0.15) is 29.7 Å². The molecule has 0 saturated carbocycles. The molecule has 0 aromatic heterocycles. The number of amides is 2. The smallest absolute Gasteiger partial charge is 0.266 e. The van der Waals surface area contributed by atoms with E-state index in [0.717, 1.165) is 28.8 Å². The maximum atomic E-state index is 13.6. The van der Waals surface area contributed by atoms with Crippen LogP contribution < -0.4 is 9.96 Å². The molecule has 0 aliphatic carbocycles. The summed E-state index contributed by atoms with van der Waals surface area (Å²) in [5, 5.41) is 1.73. The molecule has 2 aliphatic heterocycles. The highest BCUT2D eigenvalue weighted by atomic mass is 16.7. The van der Waals surface area contributed by atoms with Gasteiger partial charge < -0.3 is 0 Å². The van der Waals surface area contributed by atoms with Gasteiger partial charge in [-0.3, -0.25) is 14.4 Å². The highest BCUT2D eigenvalue weighted by Gasteiger charge is 2.60. The van der Waals surface area contributed by atoms with Gasteiger partial charge in [0.25, 0.3) is 5.91 Å². The van der Waals surface area contributed by atoms with E-state index in [1.165, 1.54) is 4.90 Å². The van der Waals surface area contributed by atoms with Gasteiger partial charge >= 0.3 is 0 Å². The number of carbonyl (C=O) groups is 2. The van der Waals surface area contributed by atoms with E-state index in [2.05, 4.69) is 6.92 Å². The van der Waals surface area contributed by atoms with Crippen LogP contribution in [0, 0.1) is 12.8 Å². The molecule has 2 aliphatic rings. The van der Waals surface area contributed by atoms with Crippen molar-refractivity contribution in [1.82, 2.24) is 0 Å². The zero-order valence-electron chi connectivity index (χ0n) is 17.6. The van der Waals surface area contributed by atoms with Crippen molar-refractivity contribution < 1.29 is 14.4 Å². The summed E-state index contributed by atoms with van der Waals surface area (Å²) in [6.07, 6.45) is 0.0581. The zero-order chi connectivity index (χ0) is 21.5. The van der Waals surface area contributed by atoms with Crippen molar-refractivity contribution in [2.24, 2.45) is 5.92 Å². The van der Waals surface area contributed by atoms with Crippen molar-refractivity contribution >= 4 is 23.2 Å². The topological polar surface area (TPSA) is 49.9 Å². The van der Waals surface area contributed by atoms with Crippen molar-refractivity contribution in [3.05, 3.63) is 95.6 Å². The van der Waals surface area contributed by atoms with Gasteiger partial charge in [-0.25, -0.2) is 9.96 Å². The molecule has 5 heteroatoms. The van der Waals surface area contributed by atoms with E-state index in [4.69, 9.17) is 4.84 Å². The Bertz CT molecular complexity index is 1110. The fraction of sp³-hybridized carbons (Fsp3) is 0.231. The molecule has 2 amide bonds. The first-order valence-corrected chi connectivity index (χ1v) is 10.6. The second-order valence-corrected chi connectivity index (χ2v) is 8.10. The molecule has 0 N–H and O–H groups in total. The first kappa shape index (κ1) is 19.5. The number of nitrogens with zero attached hydrogens (tertiary/aromatic N) is 2. The summed E-state index contributed by atoms with van der Waals surface area (Å²) in [4.78, 5) is 34.4. The Morgan fingerprint density at radius 1 is 0.806 bits per heavy atom. The lowest BCUT2D eigenvalue weighted by Crippen LogP contribution is -2.37. The third-order valence-corrected chi connectivity index (χ3v) is 6.15. The average Bonchev–Trinajstić information content (AvgIpc) is 3.31. The Labute approximate surface area is 181 Å². The fourth-order valence-electron chi connectivity index (χ4n) is 4.45.